The molecular weight excluding hydrogens is 275 g/mol. The summed E-state index contributed by atoms with van der Waals surface area (Å²) in [7, 11) is 0. The molecule has 2 aromatic rings. The molecule has 1 N–H and O–H groups in total. The number of hydrogen-bond acceptors (Lipinski definition) is 4. The molecule has 102 valence electrons. The molecule has 0 fully saturated rings. The molecule has 1 unspecified atom stereocenters. The van der Waals surface area contributed by atoms with Crippen LogP contribution >= 0.6 is 11.3 Å². The van der Waals surface area contributed by atoms with Crippen LogP contribution in [0.2, 0.25) is 0 Å². The van der Waals surface area contributed by atoms with Crippen molar-refractivity contribution in [2.45, 2.75) is 25.6 Å². The van der Waals surface area contributed by atoms with Gasteiger partial charge in [-0.2, -0.15) is 13.2 Å². The predicted molar refractivity (Wildman–Crippen MR) is 68.0 cm³/mol. The fraction of sp³-hybridized carbons (Fsp3) is 0.333. The average molecular weight is 287 g/mol. The Balaban J connectivity index is 2.19. The summed E-state index contributed by atoms with van der Waals surface area (Å²) in [6.07, 6.45) is -2.05. The number of nitrogens with one attached hydrogen (secondary N) is 1. The van der Waals surface area contributed by atoms with Crippen molar-refractivity contribution in [3.63, 3.8) is 0 Å². The molecule has 2 aromatic heterocycles. The van der Waals surface area contributed by atoms with E-state index in [-0.39, 0.29) is 11.9 Å². The molecule has 1 atom stereocenters. The molecule has 3 nitrogen and oxygen atoms in total. The van der Waals surface area contributed by atoms with Crippen LogP contribution in [0.15, 0.2) is 29.8 Å². The maximum absolute atomic E-state index is 12.6. The lowest BCUT2D eigenvalue weighted by Gasteiger charge is -2.16. The van der Waals surface area contributed by atoms with Crippen LogP contribution in [0.3, 0.4) is 0 Å². The Morgan fingerprint density at radius 3 is 2.74 bits per heavy atom. The van der Waals surface area contributed by atoms with Crippen molar-refractivity contribution in [1.82, 2.24) is 9.97 Å². The molecular formula is C12H12F3N3S. The number of hydrogen-bond donors (Lipinski definition) is 1. The highest BCUT2D eigenvalue weighted by Gasteiger charge is 2.32. The first kappa shape index (κ1) is 13.8. The van der Waals surface area contributed by atoms with E-state index in [1.165, 1.54) is 23.5 Å². The molecule has 0 radical (unpaired) electrons. The lowest BCUT2D eigenvalue weighted by Crippen LogP contribution is -2.13. The van der Waals surface area contributed by atoms with Gasteiger partial charge in [0, 0.05) is 11.6 Å². The lowest BCUT2D eigenvalue weighted by molar-refractivity contribution is -0.141. The highest BCUT2D eigenvalue weighted by Crippen LogP contribution is 2.29. The van der Waals surface area contributed by atoms with E-state index in [1.54, 1.807) is 6.20 Å². The van der Waals surface area contributed by atoms with Crippen molar-refractivity contribution in [2.75, 3.05) is 5.32 Å². The number of nitrogens with zero attached hydrogens (tertiary/aromatic N) is 2. The number of halogens is 3. The van der Waals surface area contributed by atoms with E-state index in [0.717, 1.165) is 11.1 Å². The summed E-state index contributed by atoms with van der Waals surface area (Å²) in [4.78, 5) is 7.74. The molecule has 0 saturated carbocycles. The van der Waals surface area contributed by atoms with Crippen LogP contribution in [0.5, 0.6) is 0 Å². The molecule has 0 aliphatic heterocycles. The molecule has 0 saturated heterocycles. The van der Waals surface area contributed by atoms with E-state index in [9.17, 15) is 13.2 Å². The normalized spacial score (nSPS) is 13.3. The van der Waals surface area contributed by atoms with E-state index in [4.69, 9.17) is 0 Å². The average Bonchev–Trinajstić information content (AvgIpc) is 2.89. The van der Waals surface area contributed by atoms with Gasteiger partial charge in [0.05, 0.1) is 6.04 Å². The Bertz CT molecular complexity index is 525. The van der Waals surface area contributed by atoms with Crippen LogP contribution in [0.1, 0.15) is 30.1 Å². The van der Waals surface area contributed by atoms with Gasteiger partial charge < -0.3 is 5.32 Å². The van der Waals surface area contributed by atoms with E-state index in [0.29, 0.717) is 6.42 Å². The van der Waals surface area contributed by atoms with Gasteiger partial charge in [0.1, 0.15) is 16.5 Å². The van der Waals surface area contributed by atoms with Gasteiger partial charge in [-0.25, -0.2) is 9.97 Å². The van der Waals surface area contributed by atoms with E-state index in [1.807, 2.05) is 12.3 Å². The molecule has 0 aromatic carbocycles. The second-order valence-corrected chi connectivity index (χ2v) is 4.81. The minimum atomic E-state index is -4.43. The topological polar surface area (TPSA) is 37.8 Å². The number of alkyl halides is 3. The smallest absolute Gasteiger partial charge is 0.361 e. The first-order chi connectivity index (χ1) is 9.00. The van der Waals surface area contributed by atoms with Gasteiger partial charge in [-0.1, -0.05) is 13.0 Å². The summed E-state index contributed by atoms with van der Waals surface area (Å²) in [5.74, 6) is 0.205. The van der Waals surface area contributed by atoms with E-state index >= 15 is 0 Å². The zero-order valence-corrected chi connectivity index (χ0v) is 10.9. The number of rotatable bonds is 4. The Morgan fingerprint density at radius 2 is 2.16 bits per heavy atom. The standard InChI is InChI=1S/C12H12F3N3S/c1-2-8(11-16-6-7-19-11)17-10-5-3-4-9(18-10)12(13,14)15/h3-8H,2H2,1H3,(H,17,18). The Hall–Kier alpha value is -1.63. The van der Waals surface area contributed by atoms with Crippen molar-refractivity contribution in [2.24, 2.45) is 0 Å². The molecule has 19 heavy (non-hydrogen) atoms. The number of aromatic nitrogens is 2. The van der Waals surface area contributed by atoms with Crippen LogP contribution in [-0.2, 0) is 6.18 Å². The maximum Gasteiger partial charge on any atom is 0.433 e. The third-order valence-electron chi connectivity index (χ3n) is 2.52. The van der Waals surface area contributed by atoms with Gasteiger partial charge in [0.15, 0.2) is 0 Å². The van der Waals surface area contributed by atoms with Crippen LogP contribution in [0.4, 0.5) is 19.0 Å². The Morgan fingerprint density at radius 1 is 1.37 bits per heavy atom. The number of thiazole rings is 1. The second kappa shape index (κ2) is 5.56. The zero-order valence-electron chi connectivity index (χ0n) is 10.1. The third kappa shape index (κ3) is 3.44. The summed E-state index contributed by atoms with van der Waals surface area (Å²) in [5, 5.41) is 5.65. The molecule has 0 bridgehead atoms. The maximum atomic E-state index is 12.6. The minimum Gasteiger partial charge on any atom is -0.361 e. The van der Waals surface area contributed by atoms with Gasteiger partial charge >= 0.3 is 6.18 Å². The van der Waals surface area contributed by atoms with Crippen molar-refractivity contribution in [1.29, 1.82) is 0 Å². The summed E-state index contributed by atoms with van der Waals surface area (Å²) in [6, 6.07) is 3.68. The highest BCUT2D eigenvalue weighted by molar-refractivity contribution is 7.09. The SMILES string of the molecule is CCC(Nc1cccc(C(F)(F)F)n1)c1nccs1. The number of anilines is 1. The fourth-order valence-corrected chi connectivity index (χ4v) is 2.37. The molecule has 0 amide bonds. The Kier molecular flexibility index (Phi) is 4.04. The largest absolute Gasteiger partial charge is 0.433 e. The first-order valence-electron chi connectivity index (χ1n) is 5.71. The number of pyridine rings is 1. The molecule has 2 rings (SSSR count). The summed E-state index contributed by atoms with van der Waals surface area (Å²) >= 11 is 1.46. The van der Waals surface area contributed by atoms with Crippen LogP contribution in [0, 0.1) is 0 Å². The van der Waals surface area contributed by atoms with Gasteiger partial charge in [-0.3, -0.25) is 0 Å². The van der Waals surface area contributed by atoms with Crippen molar-refractivity contribution < 1.29 is 13.2 Å². The van der Waals surface area contributed by atoms with E-state index in [2.05, 4.69) is 15.3 Å². The van der Waals surface area contributed by atoms with Gasteiger partial charge in [0.25, 0.3) is 0 Å². The van der Waals surface area contributed by atoms with Crippen molar-refractivity contribution >= 4 is 17.2 Å². The first-order valence-corrected chi connectivity index (χ1v) is 6.59. The molecule has 0 aliphatic rings. The highest BCUT2D eigenvalue weighted by atomic mass is 32.1. The summed E-state index contributed by atoms with van der Waals surface area (Å²) in [5.41, 5.74) is -0.897. The second-order valence-electron chi connectivity index (χ2n) is 3.88. The third-order valence-corrected chi connectivity index (χ3v) is 3.41. The van der Waals surface area contributed by atoms with Gasteiger partial charge in [-0.15, -0.1) is 11.3 Å². The van der Waals surface area contributed by atoms with Crippen molar-refractivity contribution in [3.05, 3.63) is 40.5 Å². The summed E-state index contributed by atoms with van der Waals surface area (Å²) in [6.45, 7) is 1.94. The van der Waals surface area contributed by atoms with E-state index < -0.39 is 11.9 Å². The monoisotopic (exact) mass is 287 g/mol. The predicted octanol–water partition coefficient (Wildman–Crippen LogP) is 4.12. The van der Waals surface area contributed by atoms with Crippen LogP contribution in [-0.4, -0.2) is 9.97 Å². The van der Waals surface area contributed by atoms with Crippen molar-refractivity contribution in [3.8, 4) is 0 Å². The fourth-order valence-electron chi connectivity index (χ4n) is 1.60. The lowest BCUT2D eigenvalue weighted by atomic mass is 10.2. The minimum absolute atomic E-state index is 0.129. The van der Waals surface area contributed by atoms with Crippen LogP contribution in [0.25, 0.3) is 0 Å². The molecule has 2 heterocycles. The van der Waals surface area contributed by atoms with Crippen LogP contribution < -0.4 is 5.32 Å². The van der Waals surface area contributed by atoms with Gasteiger partial charge in [-0.05, 0) is 18.6 Å². The summed E-state index contributed by atoms with van der Waals surface area (Å²) < 4.78 is 37.7. The Labute approximate surface area is 112 Å². The molecule has 7 heteroatoms. The quantitative estimate of drug-likeness (QED) is 0.919. The van der Waals surface area contributed by atoms with Gasteiger partial charge in [0.2, 0.25) is 0 Å². The molecule has 0 aliphatic carbocycles. The zero-order chi connectivity index (χ0) is 13.9. The molecule has 0 spiro atoms.